The predicted octanol–water partition coefficient (Wildman–Crippen LogP) is 2.48. The van der Waals surface area contributed by atoms with E-state index in [-0.39, 0.29) is 0 Å². The van der Waals surface area contributed by atoms with E-state index in [9.17, 15) is 0 Å². The van der Waals surface area contributed by atoms with E-state index in [0.29, 0.717) is 0 Å². The monoisotopic (exact) mass is 228 g/mol. The van der Waals surface area contributed by atoms with Crippen LogP contribution in [0.3, 0.4) is 0 Å². The van der Waals surface area contributed by atoms with Crippen LogP contribution in [0.4, 0.5) is 0 Å². The predicted molar refractivity (Wildman–Crippen MR) is 69.0 cm³/mol. The van der Waals surface area contributed by atoms with E-state index in [1.165, 1.54) is 5.56 Å². The van der Waals surface area contributed by atoms with Gasteiger partial charge in [0, 0.05) is 18.3 Å². The van der Waals surface area contributed by atoms with Crippen molar-refractivity contribution in [3.05, 3.63) is 48.2 Å². The Morgan fingerprint density at radius 1 is 1.18 bits per heavy atom. The van der Waals surface area contributed by atoms with Crippen LogP contribution >= 0.6 is 0 Å². The van der Waals surface area contributed by atoms with E-state index >= 15 is 0 Å². The van der Waals surface area contributed by atoms with Gasteiger partial charge in [-0.1, -0.05) is 24.3 Å². The molecule has 3 heteroatoms. The number of nitrogens with zero attached hydrogens (tertiary/aromatic N) is 1. The highest BCUT2D eigenvalue weighted by molar-refractivity contribution is 5.66. The molecule has 0 spiro atoms. The van der Waals surface area contributed by atoms with Crippen molar-refractivity contribution in [1.82, 2.24) is 10.3 Å². The van der Waals surface area contributed by atoms with Gasteiger partial charge in [-0.15, -0.1) is 0 Å². The van der Waals surface area contributed by atoms with Gasteiger partial charge >= 0.3 is 0 Å². The standard InChI is InChI=1S/C14H16N2O/c1-15-10-11-5-7-12(8-6-11)14-13(17-2)4-3-9-16-14/h3-9,15H,10H2,1-2H3. The number of hydrogen-bond acceptors (Lipinski definition) is 3. The van der Waals surface area contributed by atoms with Crippen molar-refractivity contribution in [2.45, 2.75) is 6.54 Å². The Labute approximate surface area is 101 Å². The molecule has 1 aromatic carbocycles. The number of ether oxygens (including phenoxy) is 1. The van der Waals surface area contributed by atoms with Crippen LogP contribution in [0.15, 0.2) is 42.6 Å². The second kappa shape index (κ2) is 5.46. The summed E-state index contributed by atoms with van der Waals surface area (Å²) < 4.78 is 5.30. The summed E-state index contributed by atoms with van der Waals surface area (Å²) in [6.07, 6.45) is 1.78. The van der Waals surface area contributed by atoms with Crippen LogP contribution in [0.25, 0.3) is 11.3 Å². The number of benzene rings is 1. The summed E-state index contributed by atoms with van der Waals surface area (Å²) in [7, 11) is 3.60. The Hall–Kier alpha value is -1.87. The quantitative estimate of drug-likeness (QED) is 0.873. The van der Waals surface area contributed by atoms with E-state index in [1.54, 1.807) is 13.3 Å². The number of hydrogen-bond donors (Lipinski definition) is 1. The molecule has 88 valence electrons. The zero-order valence-corrected chi connectivity index (χ0v) is 10.1. The summed E-state index contributed by atoms with van der Waals surface area (Å²) in [4.78, 5) is 4.35. The molecule has 3 nitrogen and oxygen atoms in total. The summed E-state index contributed by atoms with van der Waals surface area (Å²) in [6, 6.07) is 12.1. The summed E-state index contributed by atoms with van der Waals surface area (Å²) in [5.74, 6) is 0.800. The van der Waals surface area contributed by atoms with Crippen molar-refractivity contribution in [1.29, 1.82) is 0 Å². The lowest BCUT2D eigenvalue weighted by atomic mass is 10.1. The Balaban J connectivity index is 2.33. The average Bonchev–Trinajstić information content (AvgIpc) is 2.40. The third kappa shape index (κ3) is 2.63. The van der Waals surface area contributed by atoms with Gasteiger partial charge in [-0.2, -0.15) is 0 Å². The van der Waals surface area contributed by atoms with Crippen LogP contribution in [-0.4, -0.2) is 19.1 Å². The van der Waals surface area contributed by atoms with Gasteiger partial charge < -0.3 is 10.1 Å². The van der Waals surface area contributed by atoms with E-state index < -0.39 is 0 Å². The molecule has 0 bridgehead atoms. The second-order valence-electron chi connectivity index (χ2n) is 3.78. The van der Waals surface area contributed by atoms with Gasteiger partial charge in [0.05, 0.1) is 7.11 Å². The summed E-state index contributed by atoms with van der Waals surface area (Å²) in [5, 5.41) is 3.13. The molecule has 0 amide bonds. The fraction of sp³-hybridized carbons (Fsp3) is 0.214. The van der Waals surface area contributed by atoms with Crippen molar-refractivity contribution >= 4 is 0 Å². The van der Waals surface area contributed by atoms with Crippen molar-refractivity contribution < 1.29 is 4.74 Å². The van der Waals surface area contributed by atoms with Gasteiger partial charge in [0.15, 0.2) is 0 Å². The van der Waals surface area contributed by atoms with Crippen LogP contribution < -0.4 is 10.1 Å². The molecule has 0 fully saturated rings. The largest absolute Gasteiger partial charge is 0.494 e. The first-order valence-electron chi connectivity index (χ1n) is 5.58. The van der Waals surface area contributed by atoms with Crippen molar-refractivity contribution in [2.24, 2.45) is 0 Å². The highest BCUT2D eigenvalue weighted by Crippen LogP contribution is 2.27. The first kappa shape index (κ1) is 11.6. The molecule has 2 aromatic rings. The van der Waals surface area contributed by atoms with Gasteiger partial charge in [-0.3, -0.25) is 4.98 Å². The minimum atomic E-state index is 0.800. The molecule has 1 aromatic heterocycles. The molecular formula is C14H16N2O. The van der Waals surface area contributed by atoms with E-state index in [4.69, 9.17) is 4.74 Å². The van der Waals surface area contributed by atoms with Crippen LogP contribution in [0, 0.1) is 0 Å². The van der Waals surface area contributed by atoms with Crippen molar-refractivity contribution in [3.63, 3.8) is 0 Å². The SMILES string of the molecule is CNCc1ccc(-c2ncccc2OC)cc1. The molecule has 0 radical (unpaired) electrons. The fourth-order valence-corrected chi connectivity index (χ4v) is 1.76. The molecule has 0 saturated heterocycles. The fourth-order valence-electron chi connectivity index (χ4n) is 1.76. The van der Waals surface area contributed by atoms with E-state index in [1.807, 2.05) is 19.2 Å². The Morgan fingerprint density at radius 3 is 2.59 bits per heavy atom. The third-order valence-electron chi connectivity index (χ3n) is 2.60. The Kier molecular flexibility index (Phi) is 3.73. The van der Waals surface area contributed by atoms with Crippen LogP contribution in [0.2, 0.25) is 0 Å². The maximum absolute atomic E-state index is 5.30. The maximum atomic E-state index is 5.30. The lowest BCUT2D eigenvalue weighted by molar-refractivity contribution is 0.415. The molecule has 0 unspecified atom stereocenters. The number of nitrogens with one attached hydrogen (secondary N) is 1. The van der Waals surface area contributed by atoms with Crippen LogP contribution in [0.1, 0.15) is 5.56 Å². The second-order valence-corrected chi connectivity index (χ2v) is 3.78. The zero-order valence-electron chi connectivity index (χ0n) is 10.1. The van der Waals surface area contributed by atoms with Crippen LogP contribution in [0.5, 0.6) is 5.75 Å². The van der Waals surface area contributed by atoms with Gasteiger partial charge in [-0.25, -0.2) is 0 Å². The smallest absolute Gasteiger partial charge is 0.145 e. The van der Waals surface area contributed by atoms with Gasteiger partial charge in [0.2, 0.25) is 0 Å². The normalized spacial score (nSPS) is 10.2. The third-order valence-corrected chi connectivity index (χ3v) is 2.60. The number of methoxy groups -OCH3 is 1. The highest BCUT2D eigenvalue weighted by Gasteiger charge is 2.05. The van der Waals surface area contributed by atoms with E-state index in [2.05, 4.69) is 34.6 Å². The minimum absolute atomic E-state index is 0.800. The number of pyridine rings is 1. The number of rotatable bonds is 4. The molecule has 1 heterocycles. The average molecular weight is 228 g/mol. The van der Waals surface area contributed by atoms with Crippen molar-refractivity contribution in [2.75, 3.05) is 14.2 Å². The summed E-state index contributed by atoms with van der Waals surface area (Å²) in [6.45, 7) is 0.875. The van der Waals surface area contributed by atoms with E-state index in [0.717, 1.165) is 23.6 Å². The first-order valence-corrected chi connectivity index (χ1v) is 5.58. The minimum Gasteiger partial charge on any atom is -0.494 e. The summed E-state index contributed by atoms with van der Waals surface area (Å²) in [5.41, 5.74) is 3.21. The molecule has 0 aliphatic carbocycles. The number of aromatic nitrogens is 1. The molecule has 0 saturated carbocycles. The lowest BCUT2D eigenvalue weighted by Gasteiger charge is -2.07. The topological polar surface area (TPSA) is 34.2 Å². The molecule has 0 aliphatic rings. The van der Waals surface area contributed by atoms with Crippen LogP contribution in [-0.2, 0) is 6.54 Å². The van der Waals surface area contributed by atoms with Gasteiger partial charge in [0.25, 0.3) is 0 Å². The van der Waals surface area contributed by atoms with Crippen molar-refractivity contribution in [3.8, 4) is 17.0 Å². The molecule has 0 atom stereocenters. The van der Waals surface area contributed by atoms with Gasteiger partial charge in [0.1, 0.15) is 11.4 Å². The molecule has 17 heavy (non-hydrogen) atoms. The Morgan fingerprint density at radius 2 is 1.94 bits per heavy atom. The maximum Gasteiger partial charge on any atom is 0.145 e. The first-order chi connectivity index (χ1) is 8.35. The van der Waals surface area contributed by atoms with Gasteiger partial charge in [-0.05, 0) is 24.7 Å². The molecule has 2 rings (SSSR count). The molecule has 1 N–H and O–H groups in total. The highest BCUT2D eigenvalue weighted by atomic mass is 16.5. The zero-order chi connectivity index (χ0) is 12.1. The Bertz CT molecular complexity index is 480. The molecular weight excluding hydrogens is 212 g/mol. The molecule has 0 aliphatic heterocycles. The lowest BCUT2D eigenvalue weighted by Crippen LogP contribution is -2.04. The summed E-state index contributed by atoms with van der Waals surface area (Å²) >= 11 is 0.